The number of piperidine rings is 1. The van der Waals surface area contributed by atoms with Crippen LogP contribution in [0.1, 0.15) is 37.2 Å². The molecule has 3 rings (SSSR count). The second-order valence-electron chi connectivity index (χ2n) is 5.39. The van der Waals surface area contributed by atoms with Gasteiger partial charge in [0.05, 0.1) is 5.69 Å². The van der Waals surface area contributed by atoms with Gasteiger partial charge in [0.2, 0.25) is 0 Å². The van der Waals surface area contributed by atoms with E-state index in [2.05, 4.69) is 45.2 Å². The van der Waals surface area contributed by atoms with Gasteiger partial charge in [0.15, 0.2) is 5.16 Å². The monoisotopic (exact) mass is 306 g/mol. The summed E-state index contributed by atoms with van der Waals surface area (Å²) >= 11 is 1.70. The molecule has 6 nitrogen and oxygen atoms in total. The van der Waals surface area contributed by atoms with E-state index in [1.165, 1.54) is 12.8 Å². The molecule has 1 atom stereocenters. The molecule has 0 saturated carbocycles. The molecule has 1 aliphatic heterocycles. The van der Waals surface area contributed by atoms with Crippen LogP contribution in [-0.2, 0) is 19.3 Å². The van der Waals surface area contributed by atoms with E-state index in [4.69, 9.17) is 0 Å². The van der Waals surface area contributed by atoms with Crippen LogP contribution < -0.4 is 5.32 Å². The van der Waals surface area contributed by atoms with Crippen LogP contribution in [0.15, 0.2) is 17.4 Å². The largest absolute Gasteiger partial charge is 0.316 e. The van der Waals surface area contributed by atoms with Crippen molar-refractivity contribution in [2.24, 2.45) is 7.05 Å². The van der Waals surface area contributed by atoms with Crippen molar-refractivity contribution >= 4 is 11.8 Å². The number of aromatic nitrogens is 5. The molecule has 2 aromatic heterocycles. The van der Waals surface area contributed by atoms with Crippen molar-refractivity contribution in [3.63, 3.8) is 0 Å². The fraction of sp³-hybridized carbons (Fsp3) is 0.643. The Morgan fingerprint density at radius 2 is 2.33 bits per heavy atom. The average Bonchev–Trinajstić information content (AvgIpc) is 3.13. The molecule has 0 bridgehead atoms. The van der Waals surface area contributed by atoms with Gasteiger partial charge in [-0.3, -0.25) is 4.68 Å². The van der Waals surface area contributed by atoms with E-state index >= 15 is 0 Å². The first-order chi connectivity index (χ1) is 10.3. The summed E-state index contributed by atoms with van der Waals surface area (Å²) < 4.78 is 4.09. The lowest BCUT2D eigenvalue weighted by atomic mass is 9.99. The first kappa shape index (κ1) is 14.6. The third-order valence-corrected chi connectivity index (χ3v) is 4.95. The molecule has 1 aliphatic rings. The SMILES string of the molecule is CCn1ccc(CSc2nnc([C@H]3CCCNC3)n2C)n1. The minimum absolute atomic E-state index is 0.491. The number of aryl methyl sites for hydroxylation is 1. The zero-order valence-corrected chi connectivity index (χ0v) is 13.4. The Bertz CT molecular complexity index is 584. The normalized spacial score (nSPS) is 19.0. The van der Waals surface area contributed by atoms with E-state index in [1.807, 2.05) is 10.9 Å². The van der Waals surface area contributed by atoms with Gasteiger partial charge in [-0.1, -0.05) is 11.8 Å². The Morgan fingerprint density at radius 3 is 3.05 bits per heavy atom. The number of hydrogen-bond acceptors (Lipinski definition) is 5. The summed E-state index contributed by atoms with van der Waals surface area (Å²) in [7, 11) is 2.07. The van der Waals surface area contributed by atoms with Crippen LogP contribution in [0.2, 0.25) is 0 Å². The summed E-state index contributed by atoms with van der Waals surface area (Å²) in [6, 6.07) is 2.07. The van der Waals surface area contributed by atoms with Crippen LogP contribution >= 0.6 is 11.8 Å². The van der Waals surface area contributed by atoms with Crippen molar-refractivity contribution in [3.8, 4) is 0 Å². The third kappa shape index (κ3) is 3.29. The molecule has 1 saturated heterocycles. The number of rotatable bonds is 5. The molecule has 2 aromatic rings. The van der Waals surface area contributed by atoms with Crippen molar-refractivity contribution in [3.05, 3.63) is 23.8 Å². The van der Waals surface area contributed by atoms with Crippen LogP contribution in [0.25, 0.3) is 0 Å². The van der Waals surface area contributed by atoms with E-state index in [1.54, 1.807) is 11.8 Å². The molecule has 0 unspecified atom stereocenters. The lowest BCUT2D eigenvalue weighted by Gasteiger charge is -2.21. The Balaban J connectivity index is 1.64. The van der Waals surface area contributed by atoms with Crippen LogP contribution in [0.5, 0.6) is 0 Å². The van der Waals surface area contributed by atoms with E-state index in [0.717, 1.165) is 42.1 Å². The highest BCUT2D eigenvalue weighted by molar-refractivity contribution is 7.98. The molecule has 114 valence electrons. The van der Waals surface area contributed by atoms with Gasteiger partial charge in [-0.05, 0) is 32.4 Å². The highest BCUT2D eigenvalue weighted by atomic mass is 32.2. The number of thioether (sulfide) groups is 1. The number of hydrogen-bond donors (Lipinski definition) is 1. The summed E-state index contributed by atoms with van der Waals surface area (Å²) in [6.07, 6.45) is 4.44. The Hall–Kier alpha value is -1.34. The van der Waals surface area contributed by atoms with Crippen LogP contribution in [-0.4, -0.2) is 37.6 Å². The summed E-state index contributed by atoms with van der Waals surface area (Å²) in [5.74, 6) is 2.43. The molecule has 3 heterocycles. The second kappa shape index (κ2) is 6.62. The molecule has 1 fully saturated rings. The quantitative estimate of drug-likeness (QED) is 0.854. The molecule has 7 heteroatoms. The fourth-order valence-electron chi connectivity index (χ4n) is 2.67. The van der Waals surface area contributed by atoms with Crippen LogP contribution in [0, 0.1) is 0 Å². The van der Waals surface area contributed by atoms with Gasteiger partial charge >= 0.3 is 0 Å². The number of nitrogens with zero attached hydrogens (tertiary/aromatic N) is 5. The maximum Gasteiger partial charge on any atom is 0.191 e. The smallest absolute Gasteiger partial charge is 0.191 e. The summed E-state index contributed by atoms with van der Waals surface area (Å²) in [5, 5.41) is 17.7. The maximum absolute atomic E-state index is 4.50. The Labute approximate surface area is 129 Å². The first-order valence-electron chi connectivity index (χ1n) is 7.53. The molecule has 21 heavy (non-hydrogen) atoms. The fourth-order valence-corrected chi connectivity index (χ4v) is 3.49. The van der Waals surface area contributed by atoms with Crippen LogP contribution in [0.4, 0.5) is 0 Å². The molecule has 0 radical (unpaired) electrons. The minimum Gasteiger partial charge on any atom is -0.316 e. The molecular formula is C14H22N6S. The molecule has 0 aromatic carbocycles. The summed E-state index contributed by atoms with van der Waals surface area (Å²) in [4.78, 5) is 0. The van der Waals surface area contributed by atoms with Gasteiger partial charge in [0.25, 0.3) is 0 Å². The van der Waals surface area contributed by atoms with E-state index < -0.39 is 0 Å². The van der Waals surface area contributed by atoms with E-state index in [9.17, 15) is 0 Å². The zero-order chi connectivity index (χ0) is 14.7. The Kier molecular flexibility index (Phi) is 4.60. The summed E-state index contributed by atoms with van der Waals surface area (Å²) in [6.45, 7) is 5.14. The molecule has 0 aliphatic carbocycles. The van der Waals surface area contributed by atoms with Crippen molar-refractivity contribution in [2.45, 2.75) is 43.1 Å². The molecule has 0 amide bonds. The van der Waals surface area contributed by atoms with Gasteiger partial charge < -0.3 is 9.88 Å². The van der Waals surface area contributed by atoms with Crippen LogP contribution in [0.3, 0.4) is 0 Å². The third-order valence-electron chi connectivity index (χ3n) is 3.90. The van der Waals surface area contributed by atoms with E-state index in [-0.39, 0.29) is 0 Å². The lowest BCUT2D eigenvalue weighted by Crippen LogP contribution is -2.29. The Morgan fingerprint density at radius 1 is 1.43 bits per heavy atom. The predicted octanol–water partition coefficient (Wildman–Crippen LogP) is 1.79. The van der Waals surface area contributed by atoms with E-state index in [0.29, 0.717) is 5.92 Å². The molecular weight excluding hydrogens is 284 g/mol. The standard InChI is InChI=1S/C14H22N6S/c1-3-20-8-6-12(18-20)10-21-14-17-16-13(19(14)2)11-5-4-7-15-9-11/h6,8,11,15H,3-5,7,9-10H2,1-2H3/t11-/m0/s1. The van der Waals surface area contributed by atoms with Crippen molar-refractivity contribution in [1.82, 2.24) is 29.9 Å². The highest BCUT2D eigenvalue weighted by Crippen LogP contribution is 2.26. The molecule has 1 N–H and O–H groups in total. The highest BCUT2D eigenvalue weighted by Gasteiger charge is 2.21. The predicted molar refractivity (Wildman–Crippen MR) is 83.3 cm³/mol. The van der Waals surface area contributed by atoms with Gasteiger partial charge in [-0.2, -0.15) is 5.10 Å². The van der Waals surface area contributed by atoms with Crippen molar-refractivity contribution < 1.29 is 0 Å². The topological polar surface area (TPSA) is 60.6 Å². The second-order valence-corrected chi connectivity index (χ2v) is 6.34. The van der Waals surface area contributed by atoms with Gasteiger partial charge in [0.1, 0.15) is 5.82 Å². The summed E-state index contributed by atoms with van der Waals surface area (Å²) in [5.41, 5.74) is 1.09. The van der Waals surface area contributed by atoms with Gasteiger partial charge in [-0.25, -0.2) is 0 Å². The zero-order valence-electron chi connectivity index (χ0n) is 12.6. The van der Waals surface area contributed by atoms with Gasteiger partial charge in [0, 0.05) is 38.0 Å². The lowest BCUT2D eigenvalue weighted by molar-refractivity contribution is 0.436. The number of nitrogens with one attached hydrogen (secondary N) is 1. The van der Waals surface area contributed by atoms with Crippen molar-refractivity contribution in [1.29, 1.82) is 0 Å². The maximum atomic E-state index is 4.50. The van der Waals surface area contributed by atoms with Crippen molar-refractivity contribution in [2.75, 3.05) is 13.1 Å². The first-order valence-corrected chi connectivity index (χ1v) is 8.51. The molecule has 0 spiro atoms. The average molecular weight is 306 g/mol. The minimum atomic E-state index is 0.491. The van der Waals surface area contributed by atoms with Gasteiger partial charge in [-0.15, -0.1) is 10.2 Å².